The van der Waals surface area contributed by atoms with Crippen LogP contribution < -0.4 is 5.32 Å². The number of halogens is 2. The number of alkyl halides is 1. The minimum atomic E-state index is 0.253. The van der Waals surface area contributed by atoms with Crippen molar-refractivity contribution in [2.45, 2.75) is 25.3 Å². The van der Waals surface area contributed by atoms with Crippen LogP contribution in [0.25, 0.3) is 0 Å². The first-order valence-electron chi connectivity index (χ1n) is 4.30. The summed E-state index contributed by atoms with van der Waals surface area (Å²) < 4.78 is 1.16. The molecule has 0 aromatic carbocycles. The van der Waals surface area contributed by atoms with Gasteiger partial charge in [0.1, 0.15) is 0 Å². The molecular weight excluding hydrogens is 270 g/mol. The Morgan fingerprint density at radius 2 is 2.46 bits per heavy atom. The number of rotatable bonds is 5. The van der Waals surface area contributed by atoms with Crippen molar-refractivity contribution in [2.75, 3.05) is 6.54 Å². The van der Waals surface area contributed by atoms with Gasteiger partial charge in [-0.05, 0) is 28.4 Å². The summed E-state index contributed by atoms with van der Waals surface area (Å²) in [5.41, 5.74) is 0. The Hall–Kier alpha value is 0.430. The van der Waals surface area contributed by atoms with Gasteiger partial charge in [-0.2, -0.15) is 0 Å². The Morgan fingerprint density at radius 3 is 3.00 bits per heavy atom. The van der Waals surface area contributed by atoms with Crippen LogP contribution in [-0.4, -0.2) is 11.9 Å². The van der Waals surface area contributed by atoms with Gasteiger partial charge in [0.15, 0.2) is 0 Å². The third-order valence-corrected chi connectivity index (χ3v) is 3.89. The number of hydrogen-bond donors (Lipinski definition) is 1. The van der Waals surface area contributed by atoms with Crippen molar-refractivity contribution < 1.29 is 0 Å². The molecule has 13 heavy (non-hydrogen) atoms. The first-order chi connectivity index (χ1) is 6.22. The van der Waals surface area contributed by atoms with Crippen LogP contribution in [0.3, 0.4) is 0 Å². The van der Waals surface area contributed by atoms with Crippen molar-refractivity contribution in [1.29, 1.82) is 0 Å². The average Bonchev–Trinajstić information content (AvgIpc) is 2.51. The lowest BCUT2D eigenvalue weighted by atomic mass is 10.3. The fraction of sp³-hybridized carbons (Fsp3) is 0.556. The Morgan fingerprint density at radius 1 is 1.69 bits per heavy atom. The average molecular weight is 283 g/mol. The van der Waals surface area contributed by atoms with Gasteiger partial charge in [0.25, 0.3) is 0 Å². The number of hydrogen-bond acceptors (Lipinski definition) is 2. The van der Waals surface area contributed by atoms with Crippen LogP contribution >= 0.6 is 38.9 Å². The van der Waals surface area contributed by atoms with E-state index in [9.17, 15) is 0 Å². The molecule has 1 N–H and O–H groups in total. The normalized spacial score (nSPS) is 13.2. The van der Waals surface area contributed by atoms with Gasteiger partial charge in [0, 0.05) is 33.2 Å². The van der Waals surface area contributed by atoms with Crippen molar-refractivity contribution in [3.8, 4) is 0 Å². The summed E-state index contributed by atoms with van der Waals surface area (Å²) in [6, 6.07) is 2.13. The molecular formula is C9H13BrClNS. The van der Waals surface area contributed by atoms with Crippen LogP contribution in [0.2, 0.25) is 0 Å². The van der Waals surface area contributed by atoms with E-state index >= 15 is 0 Å². The topological polar surface area (TPSA) is 12.0 Å². The zero-order chi connectivity index (χ0) is 9.68. The lowest BCUT2D eigenvalue weighted by Gasteiger charge is -2.06. The smallest absolute Gasteiger partial charge is 0.0458 e. The van der Waals surface area contributed by atoms with Gasteiger partial charge >= 0.3 is 0 Å². The summed E-state index contributed by atoms with van der Waals surface area (Å²) in [6.45, 7) is 3.90. The lowest BCUT2D eigenvalue weighted by Crippen LogP contribution is -2.21. The first kappa shape index (κ1) is 11.5. The van der Waals surface area contributed by atoms with E-state index in [-0.39, 0.29) is 5.38 Å². The summed E-state index contributed by atoms with van der Waals surface area (Å²) >= 11 is 11.1. The Kier molecular flexibility index (Phi) is 5.32. The zero-order valence-corrected chi connectivity index (χ0v) is 10.7. The summed E-state index contributed by atoms with van der Waals surface area (Å²) in [5.74, 6) is 0. The highest BCUT2D eigenvalue weighted by Crippen LogP contribution is 2.19. The van der Waals surface area contributed by atoms with E-state index in [1.54, 1.807) is 11.3 Å². The lowest BCUT2D eigenvalue weighted by molar-refractivity contribution is 0.652. The summed E-state index contributed by atoms with van der Waals surface area (Å²) in [4.78, 5) is 1.34. The second-order valence-corrected chi connectivity index (χ2v) is 5.40. The van der Waals surface area contributed by atoms with E-state index < -0.39 is 0 Å². The van der Waals surface area contributed by atoms with Crippen LogP contribution in [0.15, 0.2) is 15.9 Å². The SMILES string of the molecule is CCC(Cl)CNCc1cc(Br)cs1. The molecule has 1 unspecified atom stereocenters. The van der Waals surface area contributed by atoms with Gasteiger partial charge < -0.3 is 5.32 Å². The molecule has 1 heterocycles. The Bertz CT molecular complexity index is 252. The maximum absolute atomic E-state index is 5.97. The molecule has 1 atom stereocenters. The van der Waals surface area contributed by atoms with Crippen LogP contribution in [0.4, 0.5) is 0 Å². The van der Waals surface area contributed by atoms with E-state index in [0.717, 1.165) is 24.0 Å². The van der Waals surface area contributed by atoms with E-state index in [1.165, 1.54) is 4.88 Å². The predicted molar refractivity (Wildman–Crippen MR) is 63.7 cm³/mol. The van der Waals surface area contributed by atoms with Crippen molar-refractivity contribution in [3.63, 3.8) is 0 Å². The first-order valence-corrected chi connectivity index (χ1v) is 6.41. The van der Waals surface area contributed by atoms with E-state index in [4.69, 9.17) is 11.6 Å². The fourth-order valence-electron chi connectivity index (χ4n) is 0.943. The zero-order valence-electron chi connectivity index (χ0n) is 7.52. The molecule has 1 nitrogen and oxygen atoms in total. The molecule has 0 aliphatic heterocycles. The molecule has 0 spiro atoms. The molecule has 4 heteroatoms. The Balaban J connectivity index is 2.20. The molecule has 0 fully saturated rings. The highest BCUT2D eigenvalue weighted by atomic mass is 79.9. The fourth-order valence-corrected chi connectivity index (χ4v) is 2.47. The largest absolute Gasteiger partial charge is 0.310 e. The Labute approximate surface area is 96.6 Å². The van der Waals surface area contributed by atoms with Gasteiger partial charge in [-0.15, -0.1) is 22.9 Å². The van der Waals surface area contributed by atoms with Gasteiger partial charge in [-0.1, -0.05) is 6.92 Å². The van der Waals surface area contributed by atoms with Gasteiger partial charge in [0.2, 0.25) is 0 Å². The minimum Gasteiger partial charge on any atom is -0.310 e. The van der Waals surface area contributed by atoms with Crippen molar-refractivity contribution in [2.24, 2.45) is 0 Å². The summed E-state index contributed by atoms with van der Waals surface area (Å²) in [5, 5.41) is 5.67. The quantitative estimate of drug-likeness (QED) is 0.814. The highest BCUT2D eigenvalue weighted by molar-refractivity contribution is 9.10. The second-order valence-electron chi connectivity index (χ2n) is 2.87. The van der Waals surface area contributed by atoms with Gasteiger partial charge in [-0.25, -0.2) is 0 Å². The minimum absolute atomic E-state index is 0.253. The standard InChI is InChI=1S/C9H13BrClNS/c1-2-8(11)4-12-5-9-3-7(10)6-13-9/h3,6,8,12H,2,4-5H2,1H3. The molecule has 1 rings (SSSR count). The molecule has 74 valence electrons. The summed E-state index contributed by atoms with van der Waals surface area (Å²) in [6.07, 6.45) is 1.02. The van der Waals surface area contributed by atoms with E-state index in [1.807, 2.05) is 0 Å². The van der Waals surface area contributed by atoms with Crippen molar-refractivity contribution in [1.82, 2.24) is 5.32 Å². The molecule has 0 aliphatic carbocycles. The maximum atomic E-state index is 5.97. The predicted octanol–water partition coefficient (Wildman–Crippen LogP) is 3.62. The van der Waals surface area contributed by atoms with E-state index in [2.05, 4.69) is 39.6 Å². The summed E-state index contributed by atoms with van der Waals surface area (Å²) in [7, 11) is 0. The van der Waals surface area contributed by atoms with Crippen molar-refractivity contribution >= 4 is 38.9 Å². The molecule has 1 aromatic rings. The molecule has 0 amide bonds. The van der Waals surface area contributed by atoms with Crippen molar-refractivity contribution in [3.05, 3.63) is 20.8 Å². The third kappa shape index (κ3) is 4.45. The van der Waals surface area contributed by atoms with Crippen LogP contribution in [0.1, 0.15) is 18.2 Å². The molecule has 0 aliphatic rings. The highest BCUT2D eigenvalue weighted by Gasteiger charge is 2.01. The van der Waals surface area contributed by atoms with Gasteiger partial charge in [0.05, 0.1) is 0 Å². The number of nitrogens with one attached hydrogen (secondary N) is 1. The second kappa shape index (κ2) is 6.02. The molecule has 0 saturated heterocycles. The van der Waals surface area contributed by atoms with Crippen LogP contribution in [0.5, 0.6) is 0 Å². The maximum Gasteiger partial charge on any atom is 0.0458 e. The third-order valence-electron chi connectivity index (χ3n) is 1.73. The van der Waals surface area contributed by atoms with Gasteiger partial charge in [-0.3, -0.25) is 0 Å². The number of thiophene rings is 1. The molecule has 0 radical (unpaired) electrons. The van der Waals surface area contributed by atoms with Crippen LogP contribution in [-0.2, 0) is 6.54 Å². The van der Waals surface area contributed by atoms with E-state index in [0.29, 0.717) is 0 Å². The monoisotopic (exact) mass is 281 g/mol. The van der Waals surface area contributed by atoms with Crippen LogP contribution in [0, 0.1) is 0 Å². The molecule has 0 bridgehead atoms. The molecule has 1 aromatic heterocycles. The molecule has 0 saturated carbocycles.